The second-order valence-electron chi connectivity index (χ2n) is 5.68. The summed E-state index contributed by atoms with van der Waals surface area (Å²) in [5, 5.41) is 2.03. The monoisotopic (exact) mass is 328 g/mol. The summed E-state index contributed by atoms with van der Waals surface area (Å²) in [6.45, 7) is 0.768. The van der Waals surface area contributed by atoms with E-state index in [-0.39, 0.29) is 18.5 Å². The molecule has 1 saturated heterocycles. The fourth-order valence-electron chi connectivity index (χ4n) is 3.23. The van der Waals surface area contributed by atoms with Crippen molar-refractivity contribution in [3.05, 3.63) is 57.2 Å². The smallest absolute Gasteiger partial charge is 0.408 e. The molecular weight excluding hydrogens is 312 g/mol. The number of hydrogen-bond donors (Lipinski definition) is 0. The molecule has 2 aromatic heterocycles. The van der Waals surface area contributed by atoms with Gasteiger partial charge in [-0.25, -0.2) is 4.79 Å². The second-order valence-corrected chi connectivity index (χ2v) is 6.66. The molecule has 0 spiro atoms. The minimum atomic E-state index is -0.480. The summed E-state index contributed by atoms with van der Waals surface area (Å²) in [6, 6.07) is 11.4. The van der Waals surface area contributed by atoms with Crippen molar-refractivity contribution in [3.8, 4) is 0 Å². The van der Waals surface area contributed by atoms with Crippen molar-refractivity contribution in [3.63, 3.8) is 0 Å². The second kappa shape index (κ2) is 5.70. The first-order chi connectivity index (χ1) is 11.2. The van der Waals surface area contributed by atoms with Gasteiger partial charge < -0.3 is 9.32 Å². The van der Waals surface area contributed by atoms with Gasteiger partial charge in [-0.2, -0.15) is 0 Å². The standard InChI is InChI=1S/C17H16N2O3S/c20-16(18-9-3-6-13(18)15-8-4-10-23-15)11-19-12-5-1-2-7-14(12)22-17(19)21/h1-2,4-5,7-8,10,13H,3,6,9,11H2/t13-/m1/s1. The van der Waals surface area contributed by atoms with Crippen LogP contribution in [0.5, 0.6) is 0 Å². The van der Waals surface area contributed by atoms with Gasteiger partial charge in [-0.3, -0.25) is 9.36 Å². The van der Waals surface area contributed by atoms with Crippen molar-refractivity contribution in [1.29, 1.82) is 0 Å². The van der Waals surface area contributed by atoms with Crippen molar-refractivity contribution in [1.82, 2.24) is 9.47 Å². The van der Waals surface area contributed by atoms with E-state index >= 15 is 0 Å². The van der Waals surface area contributed by atoms with Gasteiger partial charge in [0.25, 0.3) is 0 Å². The summed E-state index contributed by atoms with van der Waals surface area (Å²) in [7, 11) is 0. The summed E-state index contributed by atoms with van der Waals surface area (Å²) in [5.74, 6) is -0.513. The topological polar surface area (TPSA) is 55.5 Å². The van der Waals surface area contributed by atoms with E-state index in [0.717, 1.165) is 19.4 Å². The third-order valence-corrected chi connectivity index (χ3v) is 5.29. The summed E-state index contributed by atoms with van der Waals surface area (Å²) >= 11 is 1.67. The lowest BCUT2D eigenvalue weighted by molar-refractivity contribution is -0.132. The molecule has 1 aromatic carbocycles. The molecule has 23 heavy (non-hydrogen) atoms. The zero-order chi connectivity index (χ0) is 15.8. The van der Waals surface area contributed by atoms with Crippen LogP contribution < -0.4 is 5.76 Å². The molecule has 0 radical (unpaired) electrons. The van der Waals surface area contributed by atoms with E-state index in [0.29, 0.717) is 11.1 Å². The largest absolute Gasteiger partial charge is 0.420 e. The van der Waals surface area contributed by atoms with Gasteiger partial charge in [0.05, 0.1) is 11.6 Å². The first-order valence-corrected chi connectivity index (χ1v) is 8.53. The zero-order valence-electron chi connectivity index (χ0n) is 12.5. The highest BCUT2D eigenvalue weighted by Crippen LogP contribution is 2.34. The van der Waals surface area contributed by atoms with E-state index < -0.39 is 5.76 Å². The Kier molecular flexibility index (Phi) is 3.53. The van der Waals surface area contributed by atoms with Crippen LogP contribution in [0.1, 0.15) is 23.8 Å². The number of likely N-dealkylation sites (tertiary alicyclic amines) is 1. The van der Waals surface area contributed by atoms with Gasteiger partial charge in [0.1, 0.15) is 6.54 Å². The third-order valence-electron chi connectivity index (χ3n) is 4.31. The normalized spacial score (nSPS) is 17.9. The van der Waals surface area contributed by atoms with Crippen molar-refractivity contribution >= 4 is 28.3 Å². The van der Waals surface area contributed by atoms with Crippen LogP contribution in [-0.2, 0) is 11.3 Å². The van der Waals surface area contributed by atoms with Gasteiger partial charge in [0.2, 0.25) is 5.91 Å². The van der Waals surface area contributed by atoms with Gasteiger partial charge in [0.15, 0.2) is 5.58 Å². The highest BCUT2D eigenvalue weighted by atomic mass is 32.1. The molecule has 5 nitrogen and oxygen atoms in total. The molecule has 1 aliphatic rings. The number of aromatic nitrogens is 1. The van der Waals surface area contributed by atoms with E-state index in [1.54, 1.807) is 23.5 Å². The minimum absolute atomic E-state index is 0.0255. The van der Waals surface area contributed by atoms with E-state index in [2.05, 4.69) is 6.07 Å². The maximum absolute atomic E-state index is 12.7. The Balaban J connectivity index is 1.62. The number of hydrogen-bond acceptors (Lipinski definition) is 4. The molecule has 0 N–H and O–H groups in total. The number of benzene rings is 1. The fraction of sp³-hybridized carbons (Fsp3) is 0.294. The first-order valence-electron chi connectivity index (χ1n) is 7.65. The molecule has 1 fully saturated rings. The lowest BCUT2D eigenvalue weighted by Gasteiger charge is -2.24. The number of carbonyl (C=O) groups is 1. The Bertz CT molecular complexity index is 894. The quantitative estimate of drug-likeness (QED) is 0.742. The van der Waals surface area contributed by atoms with Crippen LogP contribution >= 0.6 is 11.3 Å². The zero-order valence-corrected chi connectivity index (χ0v) is 13.3. The number of fused-ring (bicyclic) bond motifs is 1. The number of para-hydroxylation sites is 2. The number of oxazole rings is 1. The van der Waals surface area contributed by atoms with Gasteiger partial charge in [-0.05, 0) is 36.4 Å². The van der Waals surface area contributed by atoms with Crippen LogP contribution in [0.25, 0.3) is 11.1 Å². The highest BCUT2D eigenvalue weighted by molar-refractivity contribution is 7.10. The molecule has 0 aliphatic carbocycles. The Hall–Kier alpha value is -2.34. The van der Waals surface area contributed by atoms with Crippen LogP contribution in [0.15, 0.2) is 51.0 Å². The van der Waals surface area contributed by atoms with Crippen LogP contribution in [0.4, 0.5) is 0 Å². The van der Waals surface area contributed by atoms with Crippen LogP contribution in [0, 0.1) is 0 Å². The highest BCUT2D eigenvalue weighted by Gasteiger charge is 2.31. The molecule has 0 unspecified atom stereocenters. The van der Waals surface area contributed by atoms with Crippen molar-refractivity contribution < 1.29 is 9.21 Å². The molecule has 4 rings (SSSR count). The Morgan fingerprint density at radius 1 is 1.26 bits per heavy atom. The van der Waals surface area contributed by atoms with Gasteiger partial charge in [-0.1, -0.05) is 18.2 Å². The van der Waals surface area contributed by atoms with Crippen molar-refractivity contribution in [2.45, 2.75) is 25.4 Å². The van der Waals surface area contributed by atoms with Crippen LogP contribution in [-0.4, -0.2) is 21.9 Å². The minimum Gasteiger partial charge on any atom is -0.408 e. The average Bonchev–Trinajstić information content (AvgIpc) is 3.26. The molecule has 1 atom stereocenters. The summed E-state index contributed by atoms with van der Waals surface area (Å²) in [6.07, 6.45) is 1.97. The van der Waals surface area contributed by atoms with Crippen molar-refractivity contribution in [2.75, 3.05) is 6.54 Å². The van der Waals surface area contributed by atoms with Crippen LogP contribution in [0.3, 0.4) is 0 Å². The first kappa shape index (κ1) is 14.3. The van der Waals surface area contributed by atoms with Gasteiger partial charge in [0, 0.05) is 11.4 Å². The van der Waals surface area contributed by atoms with Crippen LogP contribution in [0.2, 0.25) is 0 Å². The maximum atomic E-state index is 12.7. The number of rotatable bonds is 3. The van der Waals surface area contributed by atoms with Crippen molar-refractivity contribution in [2.24, 2.45) is 0 Å². The number of amides is 1. The SMILES string of the molecule is O=C(Cn1c(=O)oc2ccccc21)N1CCC[C@@H]1c1cccs1. The molecule has 3 aromatic rings. The Morgan fingerprint density at radius 3 is 2.96 bits per heavy atom. The van der Waals surface area contributed by atoms with E-state index in [1.807, 2.05) is 28.5 Å². The van der Waals surface area contributed by atoms with E-state index in [4.69, 9.17) is 4.42 Å². The molecule has 0 bridgehead atoms. The number of carbonyl (C=O) groups excluding carboxylic acids is 1. The Morgan fingerprint density at radius 2 is 2.13 bits per heavy atom. The molecule has 3 heterocycles. The Labute approximate surface area is 136 Å². The molecule has 6 heteroatoms. The lowest BCUT2D eigenvalue weighted by Crippen LogP contribution is -2.35. The molecule has 1 aliphatic heterocycles. The molecule has 118 valence electrons. The maximum Gasteiger partial charge on any atom is 0.420 e. The summed E-state index contributed by atoms with van der Waals surface area (Å²) in [5.41, 5.74) is 1.18. The summed E-state index contributed by atoms with van der Waals surface area (Å²) < 4.78 is 6.62. The number of nitrogens with zero attached hydrogens (tertiary/aromatic N) is 2. The molecule has 0 saturated carbocycles. The average molecular weight is 328 g/mol. The predicted octanol–water partition coefficient (Wildman–Crippen LogP) is 3.02. The third kappa shape index (κ3) is 2.49. The number of thiophene rings is 1. The fourth-order valence-corrected chi connectivity index (χ4v) is 4.11. The molecule has 1 amide bonds. The predicted molar refractivity (Wildman–Crippen MR) is 88.5 cm³/mol. The lowest BCUT2D eigenvalue weighted by atomic mass is 10.2. The van der Waals surface area contributed by atoms with Gasteiger partial charge in [-0.15, -0.1) is 11.3 Å². The van der Waals surface area contributed by atoms with Gasteiger partial charge >= 0.3 is 5.76 Å². The molecular formula is C17H16N2O3S. The van der Waals surface area contributed by atoms with E-state index in [1.165, 1.54) is 9.44 Å². The summed E-state index contributed by atoms with van der Waals surface area (Å²) in [4.78, 5) is 27.9. The van der Waals surface area contributed by atoms with E-state index in [9.17, 15) is 9.59 Å².